The molecule has 1 N–H and O–H groups in total. The summed E-state index contributed by atoms with van der Waals surface area (Å²) in [4.78, 5) is 17.3. The highest BCUT2D eigenvalue weighted by Gasteiger charge is 2.22. The van der Waals surface area contributed by atoms with Gasteiger partial charge in [0.05, 0.1) is 0 Å². The van der Waals surface area contributed by atoms with E-state index in [0.717, 1.165) is 26.2 Å². The van der Waals surface area contributed by atoms with Crippen molar-refractivity contribution in [2.75, 3.05) is 37.6 Å². The predicted molar refractivity (Wildman–Crippen MR) is 116 cm³/mol. The van der Waals surface area contributed by atoms with Crippen LogP contribution in [0.4, 0.5) is 10.1 Å². The van der Waals surface area contributed by atoms with Gasteiger partial charge in [-0.05, 0) is 37.3 Å². The fraction of sp³-hybridized carbons (Fsp3) is 0.304. The standard InChI is InChI=1S/C23H26FN5O/c1-18(27-13-15-28(16-14-27)19-7-3-2-4-8-19)17-25-23(30)21-11-12-29(26-21)22-10-6-5-9-20(22)24/h2-12,18H,13-17H2,1H3,(H,25,30). The molecule has 2 heterocycles. The molecular weight excluding hydrogens is 381 g/mol. The minimum absolute atomic E-state index is 0.223. The maximum absolute atomic E-state index is 13.9. The van der Waals surface area contributed by atoms with Crippen LogP contribution in [0.1, 0.15) is 17.4 Å². The third-order valence-electron chi connectivity index (χ3n) is 5.54. The van der Waals surface area contributed by atoms with Crippen molar-refractivity contribution in [2.45, 2.75) is 13.0 Å². The molecule has 0 aliphatic carbocycles. The van der Waals surface area contributed by atoms with Crippen LogP contribution in [-0.2, 0) is 0 Å². The highest BCUT2D eigenvalue weighted by molar-refractivity contribution is 5.92. The lowest BCUT2D eigenvalue weighted by Crippen LogP contribution is -2.52. The summed E-state index contributed by atoms with van der Waals surface area (Å²) < 4.78 is 15.3. The van der Waals surface area contributed by atoms with Gasteiger partial charge in [0.1, 0.15) is 11.5 Å². The Kier molecular flexibility index (Phi) is 6.09. The van der Waals surface area contributed by atoms with Crippen molar-refractivity contribution in [1.82, 2.24) is 20.0 Å². The van der Waals surface area contributed by atoms with Crippen molar-refractivity contribution in [3.63, 3.8) is 0 Å². The summed E-state index contributed by atoms with van der Waals surface area (Å²) in [5.41, 5.74) is 1.85. The summed E-state index contributed by atoms with van der Waals surface area (Å²) in [5, 5.41) is 7.17. The zero-order chi connectivity index (χ0) is 20.9. The van der Waals surface area contributed by atoms with Crippen LogP contribution < -0.4 is 10.2 Å². The van der Waals surface area contributed by atoms with Crippen LogP contribution in [0.25, 0.3) is 5.69 Å². The second-order valence-electron chi connectivity index (χ2n) is 7.51. The van der Waals surface area contributed by atoms with E-state index in [2.05, 4.69) is 51.4 Å². The molecule has 0 saturated carbocycles. The lowest BCUT2D eigenvalue weighted by atomic mass is 10.2. The van der Waals surface area contributed by atoms with E-state index in [1.807, 2.05) is 6.07 Å². The summed E-state index contributed by atoms with van der Waals surface area (Å²) in [5.74, 6) is -0.629. The molecule has 7 heteroatoms. The normalized spacial score (nSPS) is 15.7. The molecular formula is C23H26FN5O. The molecule has 0 spiro atoms. The molecule has 1 fully saturated rings. The maximum Gasteiger partial charge on any atom is 0.271 e. The van der Waals surface area contributed by atoms with Crippen LogP contribution in [0.15, 0.2) is 66.9 Å². The van der Waals surface area contributed by atoms with E-state index < -0.39 is 0 Å². The Balaban J connectivity index is 1.28. The van der Waals surface area contributed by atoms with Gasteiger partial charge in [0.25, 0.3) is 5.91 Å². The smallest absolute Gasteiger partial charge is 0.271 e. The van der Waals surface area contributed by atoms with Gasteiger partial charge in [-0.25, -0.2) is 9.07 Å². The maximum atomic E-state index is 13.9. The number of hydrogen-bond donors (Lipinski definition) is 1. The van der Waals surface area contributed by atoms with Gasteiger partial charge in [0.15, 0.2) is 5.69 Å². The molecule has 4 rings (SSSR count). The van der Waals surface area contributed by atoms with Crippen LogP contribution in [0.3, 0.4) is 0 Å². The second kappa shape index (κ2) is 9.09. The molecule has 156 valence electrons. The zero-order valence-electron chi connectivity index (χ0n) is 17.0. The first-order chi connectivity index (χ1) is 14.6. The number of hydrogen-bond acceptors (Lipinski definition) is 4. The number of carbonyl (C=O) groups is 1. The summed E-state index contributed by atoms with van der Waals surface area (Å²) in [6.45, 7) is 6.50. The van der Waals surface area contributed by atoms with Gasteiger partial charge in [0.2, 0.25) is 0 Å². The fourth-order valence-corrected chi connectivity index (χ4v) is 3.74. The van der Waals surface area contributed by atoms with Gasteiger partial charge in [-0.3, -0.25) is 9.69 Å². The molecule has 3 aromatic rings. The molecule has 2 aromatic carbocycles. The number of rotatable bonds is 6. The second-order valence-corrected chi connectivity index (χ2v) is 7.51. The van der Waals surface area contributed by atoms with E-state index in [4.69, 9.17) is 0 Å². The van der Waals surface area contributed by atoms with Gasteiger partial charge in [-0.2, -0.15) is 5.10 Å². The van der Waals surface area contributed by atoms with Crippen molar-refractivity contribution < 1.29 is 9.18 Å². The van der Waals surface area contributed by atoms with Crippen molar-refractivity contribution in [1.29, 1.82) is 0 Å². The molecule has 1 aromatic heterocycles. The third-order valence-corrected chi connectivity index (χ3v) is 5.54. The Morgan fingerprint density at radius 2 is 1.73 bits per heavy atom. The topological polar surface area (TPSA) is 53.4 Å². The molecule has 0 radical (unpaired) electrons. The Hall–Kier alpha value is -3.19. The number of anilines is 1. The molecule has 1 atom stereocenters. The Labute approximate surface area is 175 Å². The summed E-state index contributed by atoms with van der Waals surface area (Å²) in [6.07, 6.45) is 1.60. The van der Waals surface area contributed by atoms with E-state index in [0.29, 0.717) is 12.2 Å². The zero-order valence-corrected chi connectivity index (χ0v) is 17.0. The molecule has 6 nitrogen and oxygen atoms in total. The van der Waals surface area contributed by atoms with Crippen LogP contribution in [0.2, 0.25) is 0 Å². The van der Waals surface area contributed by atoms with Crippen LogP contribution in [0.5, 0.6) is 0 Å². The highest BCUT2D eigenvalue weighted by Crippen LogP contribution is 2.16. The number of nitrogens with zero attached hydrogens (tertiary/aromatic N) is 4. The highest BCUT2D eigenvalue weighted by atomic mass is 19.1. The number of aromatic nitrogens is 2. The van der Waals surface area contributed by atoms with Crippen LogP contribution in [0, 0.1) is 5.82 Å². The van der Waals surface area contributed by atoms with Gasteiger partial charge in [-0.15, -0.1) is 0 Å². The van der Waals surface area contributed by atoms with E-state index in [1.54, 1.807) is 30.5 Å². The van der Waals surface area contributed by atoms with Gasteiger partial charge < -0.3 is 10.2 Å². The van der Waals surface area contributed by atoms with Crippen molar-refractivity contribution in [2.24, 2.45) is 0 Å². The lowest BCUT2D eigenvalue weighted by Gasteiger charge is -2.39. The average molecular weight is 407 g/mol. The third kappa shape index (κ3) is 4.52. The molecule has 1 unspecified atom stereocenters. The predicted octanol–water partition coefficient (Wildman–Crippen LogP) is 2.95. The molecule has 1 aliphatic heterocycles. The quantitative estimate of drug-likeness (QED) is 0.683. The van der Waals surface area contributed by atoms with E-state index in [9.17, 15) is 9.18 Å². The SMILES string of the molecule is CC(CNC(=O)c1ccn(-c2ccccc2F)n1)N1CCN(c2ccccc2)CC1. The van der Waals surface area contributed by atoms with E-state index in [1.165, 1.54) is 16.4 Å². The van der Waals surface area contributed by atoms with E-state index in [-0.39, 0.29) is 23.5 Å². The number of piperazine rings is 1. The number of para-hydroxylation sites is 2. The summed E-state index contributed by atoms with van der Waals surface area (Å²) >= 11 is 0. The van der Waals surface area contributed by atoms with Gasteiger partial charge in [0, 0.05) is 50.6 Å². The average Bonchev–Trinajstić information content (AvgIpc) is 3.28. The number of benzene rings is 2. The molecule has 0 bridgehead atoms. The minimum Gasteiger partial charge on any atom is -0.369 e. The van der Waals surface area contributed by atoms with Crippen molar-refractivity contribution >= 4 is 11.6 Å². The van der Waals surface area contributed by atoms with Crippen molar-refractivity contribution in [3.05, 3.63) is 78.4 Å². The monoisotopic (exact) mass is 407 g/mol. The molecule has 30 heavy (non-hydrogen) atoms. The number of halogens is 1. The summed E-state index contributed by atoms with van der Waals surface area (Å²) in [7, 11) is 0. The van der Waals surface area contributed by atoms with Gasteiger partial charge in [-0.1, -0.05) is 30.3 Å². The first kappa shape index (κ1) is 20.1. The van der Waals surface area contributed by atoms with Gasteiger partial charge >= 0.3 is 0 Å². The molecule has 1 amide bonds. The number of amides is 1. The van der Waals surface area contributed by atoms with Crippen LogP contribution in [-0.4, -0.2) is 59.4 Å². The van der Waals surface area contributed by atoms with E-state index >= 15 is 0 Å². The number of carbonyl (C=O) groups excluding carboxylic acids is 1. The van der Waals surface area contributed by atoms with Crippen molar-refractivity contribution in [3.8, 4) is 5.69 Å². The first-order valence-electron chi connectivity index (χ1n) is 10.2. The lowest BCUT2D eigenvalue weighted by molar-refractivity contribution is 0.0929. The summed E-state index contributed by atoms with van der Waals surface area (Å²) in [6, 6.07) is 18.6. The number of nitrogens with one attached hydrogen (secondary N) is 1. The van der Waals surface area contributed by atoms with Crippen LogP contribution >= 0.6 is 0 Å². The largest absolute Gasteiger partial charge is 0.369 e. The first-order valence-corrected chi connectivity index (χ1v) is 10.2. The molecule has 1 aliphatic rings. The minimum atomic E-state index is -0.379. The Morgan fingerprint density at radius 3 is 2.47 bits per heavy atom. The fourth-order valence-electron chi connectivity index (χ4n) is 3.74. The Morgan fingerprint density at radius 1 is 1.03 bits per heavy atom. The Bertz CT molecular complexity index is 982. The molecule has 1 saturated heterocycles.